The molecule has 5 heteroatoms. The highest BCUT2D eigenvalue weighted by Gasteiger charge is 2.15. The van der Waals surface area contributed by atoms with Gasteiger partial charge in [-0.15, -0.1) is 0 Å². The maximum absolute atomic E-state index is 8.47. The van der Waals surface area contributed by atoms with Crippen molar-refractivity contribution >= 4 is 0 Å². The molecular formula is C12H16N2O3. The number of nitrogens with one attached hydrogen (secondary N) is 1. The fraction of sp³-hybridized carbons (Fsp3) is 0.417. The lowest BCUT2D eigenvalue weighted by atomic mass is 10.1. The minimum absolute atomic E-state index is 0.289. The summed E-state index contributed by atoms with van der Waals surface area (Å²) < 4.78 is 15.8. The zero-order chi connectivity index (χ0) is 12.7. The van der Waals surface area contributed by atoms with Gasteiger partial charge in [0.15, 0.2) is 11.5 Å². The fourth-order valence-electron chi connectivity index (χ4n) is 1.56. The number of nitriles is 1. The van der Waals surface area contributed by atoms with Gasteiger partial charge in [0.05, 0.1) is 33.9 Å². The van der Waals surface area contributed by atoms with Crippen LogP contribution in [0.2, 0.25) is 0 Å². The summed E-state index contributed by atoms with van der Waals surface area (Å²) in [6, 6.07) is 5.71. The Morgan fingerprint density at radius 1 is 1.12 bits per heavy atom. The third-order valence-electron chi connectivity index (χ3n) is 2.31. The maximum Gasteiger partial charge on any atom is 0.203 e. The molecule has 0 saturated heterocycles. The molecule has 0 radical (unpaired) electrons. The van der Waals surface area contributed by atoms with Gasteiger partial charge in [0.25, 0.3) is 0 Å². The minimum atomic E-state index is 0.289. The Morgan fingerprint density at radius 3 is 2.35 bits per heavy atom. The van der Waals surface area contributed by atoms with Crippen molar-refractivity contribution in [3.8, 4) is 23.3 Å². The van der Waals surface area contributed by atoms with Gasteiger partial charge >= 0.3 is 0 Å². The Morgan fingerprint density at radius 2 is 1.82 bits per heavy atom. The van der Waals surface area contributed by atoms with Gasteiger partial charge in [-0.2, -0.15) is 5.26 Å². The van der Waals surface area contributed by atoms with Crippen LogP contribution in [0.5, 0.6) is 17.2 Å². The van der Waals surface area contributed by atoms with Crippen molar-refractivity contribution in [2.24, 2.45) is 0 Å². The Labute approximate surface area is 101 Å². The van der Waals surface area contributed by atoms with Gasteiger partial charge in [0, 0.05) is 12.1 Å². The molecule has 0 heterocycles. The lowest BCUT2D eigenvalue weighted by Gasteiger charge is -2.15. The van der Waals surface area contributed by atoms with Crippen LogP contribution in [0.1, 0.15) is 5.56 Å². The molecule has 0 aliphatic rings. The molecule has 0 aromatic heterocycles. The average molecular weight is 236 g/mol. The molecule has 0 aliphatic carbocycles. The summed E-state index contributed by atoms with van der Waals surface area (Å²) in [5, 5.41) is 11.4. The summed E-state index contributed by atoms with van der Waals surface area (Å²) in [6.45, 7) is 0.828. The number of ether oxygens (including phenoxy) is 3. The normalized spacial score (nSPS) is 9.53. The molecular weight excluding hydrogens is 220 g/mol. The molecule has 17 heavy (non-hydrogen) atoms. The molecule has 1 N–H and O–H groups in total. The van der Waals surface area contributed by atoms with E-state index < -0.39 is 0 Å². The summed E-state index contributed by atoms with van der Waals surface area (Å²) in [5.74, 6) is 1.80. The molecule has 1 aromatic rings. The molecule has 0 atom stereocenters. The van der Waals surface area contributed by atoms with E-state index in [4.69, 9.17) is 19.5 Å². The molecule has 0 bridgehead atoms. The van der Waals surface area contributed by atoms with Crippen LogP contribution in [0.4, 0.5) is 0 Å². The number of hydrogen-bond acceptors (Lipinski definition) is 5. The first-order chi connectivity index (χ1) is 8.28. The Kier molecular flexibility index (Phi) is 5.11. The first kappa shape index (κ1) is 13.1. The second kappa shape index (κ2) is 6.61. The quantitative estimate of drug-likeness (QED) is 0.596. The first-order valence-electron chi connectivity index (χ1n) is 5.14. The summed E-state index contributed by atoms with van der Waals surface area (Å²) >= 11 is 0. The van der Waals surface area contributed by atoms with Gasteiger partial charge in [-0.25, -0.2) is 0 Å². The number of rotatable bonds is 6. The van der Waals surface area contributed by atoms with Gasteiger partial charge in [-0.1, -0.05) is 6.07 Å². The van der Waals surface area contributed by atoms with Gasteiger partial charge in [0.2, 0.25) is 5.75 Å². The number of nitrogens with zero attached hydrogens (tertiary/aromatic N) is 1. The highest BCUT2D eigenvalue weighted by molar-refractivity contribution is 5.55. The molecule has 0 aliphatic heterocycles. The van der Waals surface area contributed by atoms with Crippen LogP contribution >= 0.6 is 0 Å². The van der Waals surface area contributed by atoms with Crippen LogP contribution in [0.3, 0.4) is 0 Å². The number of benzene rings is 1. The van der Waals surface area contributed by atoms with E-state index in [1.807, 2.05) is 18.2 Å². The molecule has 0 spiro atoms. The largest absolute Gasteiger partial charge is 0.493 e. The summed E-state index contributed by atoms with van der Waals surface area (Å²) in [5.41, 5.74) is 0.917. The van der Waals surface area contributed by atoms with Crippen molar-refractivity contribution in [3.63, 3.8) is 0 Å². The molecule has 0 unspecified atom stereocenters. The molecule has 0 fully saturated rings. The second-order valence-corrected chi connectivity index (χ2v) is 3.26. The van der Waals surface area contributed by atoms with E-state index in [2.05, 4.69) is 5.32 Å². The molecule has 1 rings (SSSR count). The van der Waals surface area contributed by atoms with E-state index in [0.29, 0.717) is 23.8 Å². The van der Waals surface area contributed by atoms with Crippen molar-refractivity contribution in [1.29, 1.82) is 5.26 Å². The maximum atomic E-state index is 8.47. The Balaban J connectivity index is 3.02. The van der Waals surface area contributed by atoms with Crippen LogP contribution in [0.25, 0.3) is 0 Å². The second-order valence-electron chi connectivity index (χ2n) is 3.26. The summed E-state index contributed by atoms with van der Waals surface area (Å²) in [4.78, 5) is 0. The number of methoxy groups -OCH3 is 3. The summed E-state index contributed by atoms with van der Waals surface area (Å²) in [6.07, 6.45) is 0. The number of hydrogen-bond donors (Lipinski definition) is 1. The molecule has 0 amide bonds. The fourth-order valence-corrected chi connectivity index (χ4v) is 1.56. The topological polar surface area (TPSA) is 63.5 Å². The van der Waals surface area contributed by atoms with Crippen LogP contribution in [-0.4, -0.2) is 27.9 Å². The van der Waals surface area contributed by atoms with Crippen LogP contribution in [-0.2, 0) is 6.54 Å². The van der Waals surface area contributed by atoms with Crippen LogP contribution in [0.15, 0.2) is 12.1 Å². The molecule has 5 nitrogen and oxygen atoms in total. The zero-order valence-corrected chi connectivity index (χ0v) is 10.2. The predicted molar refractivity (Wildman–Crippen MR) is 63.4 cm³/mol. The van der Waals surface area contributed by atoms with Crippen molar-refractivity contribution < 1.29 is 14.2 Å². The van der Waals surface area contributed by atoms with Crippen molar-refractivity contribution in [2.45, 2.75) is 6.54 Å². The van der Waals surface area contributed by atoms with Gasteiger partial charge < -0.3 is 19.5 Å². The third kappa shape index (κ3) is 3.02. The third-order valence-corrected chi connectivity index (χ3v) is 2.31. The lowest BCUT2D eigenvalue weighted by Crippen LogP contribution is -2.14. The zero-order valence-electron chi connectivity index (χ0n) is 10.2. The Bertz CT molecular complexity index is 413. The highest BCUT2D eigenvalue weighted by Crippen LogP contribution is 2.39. The van der Waals surface area contributed by atoms with E-state index in [1.165, 1.54) is 0 Å². The van der Waals surface area contributed by atoms with E-state index in [1.54, 1.807) is 21.3 Å². The molecule has 92 valence electrons. The van der Waals surface area contributed by atoms with E-state index in [0.717, 1.165) is 5.56 Å². The van der Waals surface area contributed by atoms with E-state index in [9.17, 15) is 0 Å². The highest BCUT2D eigenvalue weighted by atomic mass is 16.5. The average Bonchev–Trinajstić information content (AvgIpc) is 2.38. The van der Waals surface area contributed by atoms with Crippen LogP contribution in [0, 0.1) is 11.3 Å². The smallest absolute Gasteiger partial charge is 0.203 e. The monoisotopic (exact) mass is 236 g/mol. The first-order valence-corrected chi connectivity index (χ1v) is 5.14. The predicted octanol–water partition coefficient (Wildman–Crippen LogP) is 1.33. The lowest BCUT2D eigenvalue weighted by molar-refractivity contribution is 0.321. The Hall–Kier alpha value is -1.93. The van der Waals surface area contributed by atoms with Gasteiger partial charge in [-0.3, -0.25) is 0 Å². The van der Waals surface area contributed by atoms with E-state index >= 15 is 0 Å². The van der Waals surface area contributed by atoms with Gasteiger partial charge in [0.1, 0.15) is 0 Å². The van der Waals surface area contributed by atoms with Gasteiger partial charge in [-0.05, 0) is 6.07 Å². The summed E-state index contributed by atoms with van der Waals surface area (Å²) in [7, 11) is 4.71. The van der Waals surface area contributed by atoms with Crippen LogP contribution < -0.4 is 19.5 Å². The van der Waals surface area contributed by atoms with Crippen molar-refractivity contribution in [1.82, 2.24) is 5.32 Å². The molecule has 1 aromatic carbocycles. The van der Waals surface area contributed by atoms with Crippen molar-refractivity contribution in [2.75, 3.05) is 27.9 Å². The standard InChI is InChI=1S/C12H16N2O3/c1-15-10-5-4-9(8-14-7-6-13)11(16-2)12(10)17-3/h4-5,14H,7-8H2,1-3H3. The minimum Gasteiger partial charge on any atom is -0.493 e. The molecule has 0 saturated carbocycles. The van der Waals surface area contributed by atoms with Crippen molar-refractivity contribution in [3.05, 3.63) is 17.7 Å². The van der Waals surface area contributed by atoms with E-state index in [-0.39, 0.29) is 6.54 Å². The SMILES string of the molecule is COc1ccc(CNCC#N)c(OC)c1OC.